The van der Waals surface area contributed by atoms with Crippen LogP contribution in [0.2, 0.25) is 0 Å². The molecule has 0 heterocycles. The maximum atomic E-state index is 9.90. The van der Waals surface area contributed by atoms with E-state index in [4.69, 9.17) is 0 Å². The highest BCUT2D eigenvalue weighted by Gasteiger charge is 1.85. The quantitative estimate of drug-likeness (QED) is 0.397. The first-order chi connectivity index (χ1) is 2.81. The first-order valence-corrected chi connectivity index (χ1v) is 2.49. The molecule has 0 atom stereocenters. The fourth-order valence-corrected chi connectivity index (χ4v) is 0.220. The highest BCUT2D eigenvalue weighted by molar-refractivity contribution is 9.09. The van der Waals surface area contributed by atoms with E-state index in [9.17, 15) is 4.79 Å². The molecule has 0 aliphatic carbocycles. The smallest absolute Gasteiger partial charge is 0.255 e. The topological polar surface area (TPSA) is 29.4 Å². The van der Waals surface area contributed by atoms with Crippen LogP contribution in [-0.2, 0) is 4.79 Å². The van der Waals surface area contributed by atoms with Crippen LogP contribution in [0.4, 0.5) is 0 Å². The summed E-state index contributed by atoms with van der Waals surface area (Å²) in [6, 6.07) is 0. The Labute approximate surface area is 44.4 Å². The minimum Gasteiger partial charge on any atom is -0.272 e. The molecule has 2 nitrogen and oxygen atoms in total. The van der Waals surface area contributed by atoms with Gasteiger partial charge >= 0.3 is 0 Å². The Morgan fingerprint density at radius 3 is 2.50 bits per heavy atom. The number of alkyl halides is 1. The zero-order chi connectivity index (χ0) is 4.99. The molecule has 6 heavy (non-hydrogen) atoms. The Morgan fingerprint density at radius 2 is 2.50 bits per heavy atom. The van der Waals surface area contributed by atoms with Gasteiger partial charge in [-0.3, -0.25) is 4.79 Å². The molecule has 0 N–H and O–H groups in total. The van der Waals surface area contributed by atoms with Gasteiger partial charge in [0.05, 0.1) is 5.33 Å². The molecule has 0 unspecified atom stereocenters. The fraction of sp³-hybridized carbons (Fsp3) is 0.333. The van der Waals surface area contributed by atoms with Crippen LogP contribution in [0.3, 0.4) is 0 Å². The number of carbonyl (C=O) groups is 1. The van der Waals surface area contributed by atoms with Gasteiger partial charge in [-0.15, -0.1) is 0 Å². The van der Waals surface area contributed by atoms with Crippen LogP contribution < -0.4 is 0 Å². The standard InChI is InChI=1S/C3H4BrNO/c1-5-3(6)2-4/h1-2H2. The van der Waals surface area contributed by atoms with Gasteiger partial charge in [0.2, 0.25) is 0 Å². The number of hydrogen-bond acceptors (Lipinski definition) is 1. The van der Waals surface area contributed by atoms with E-state index < -0.39 is 0 Å². The first-order valence-electron chi connectivity index (χ1n) is 1.36. The summed E-state index contributed by atoms with van der Waals surface area (Å²) in [5, 5.41) is 0.274. The molecule has 0 saturated heterocycles. The van der Waals surface area contributed by atoms with E-state index in [2.05, 4.69) is 27.6 Å². The summed E-state index contributed by atoms with van der Waals surface area (Å²) < 4.78 is 0. The lowest BCUT2D eigenvalue weighted by atomic mass is 10.8. The lowest BCUT2D eigenvalue weighted by Crippen LogP contribution is -1.89. The molecular weight excluding hydrogens is 146 g/mol. The molecule has 0 rings (SSSR count). The predicted molar refractivity (Wildman–Crippen MR) is 28.3 cm³/mol. The van der Waals surface area contributed by atoms with Gasteiger partial charge in [-0.25, -0.2) is 4.99 Å². The summed E-state index contributed by atoms with van der Waals surface area (Å²) in [5.74, 6) is -0.227. The van der Waals surface area contributed by atoms with Crippen LogP contribution >= 0.6 is 15.9 Å². The molecule has 0 aliphatic rings. The van der Waals surface area contributed by atoms with E-state index in [-0.39, 0.29) is 11.2 Å². The number of rotatable bonds is 1. The van der Waals surface area contributed by atoms with E-state index in [1.54, 1.807) is 0 Å². The zero-order valence-corrected chi connectivity index (χ0v) is 4.73. The molecule has 34 valence electrons. The molecule has 0 radical (unpaired) electrons. The molecule has 0 fully saturated rings. The van der Waals surface area contributed by atoms with Crippen molar-refractivity contribution in [2.24, 2.45) is 4.99 Å². The Bertz CT molecular complexity index is 71.2. The van der Waals surface area contributed by atoms with Crippen LogP contribution in [0.25, 0.3) is 0 Å². The van der Waals surface area contributed by atoms with Gasteiger partial charge in [0.25, 0.3) is 5.91 Å². The van der Waals surface area contributed by atoms with Crippen molar-refractivity contribution in [3.8, 4) is 0 Å². The highest BCUT2D eigenvalue weighted by Crippen LogP contribution is 1.79. The lowest BCUT2D eigenvalue weighted by molar-refractivity contribution is -0.115. The van der Waals surface area contributed by atoms with Gasteiger partial charge in [-0.2, -0.15) is 0 Å². The van der Waals surface area contributed by atoms with E-state index in [0.29, 0.717) is 0 Å². The van der Waals surface area contributed by atoms with Gasteiger partial charge < -0.3 is 0 Å². The number of aliphatic imine (C=N–C) groups is 1. The molecule has 3 heteroatoms. The monoisotopic (exact) mass is 149 g/mol. The van der Waals surface area contributed by atoms with Gasteiger partial charge in [0.15, 0.2) is 0 Å². The maximum Gasteiger partial charge on any atom is 0.255 e. The van der Waals surface area contributed by atoms with Crippen LogP contribution in [-0.4, -0.2) is 18.0 Å². The molecular formula is C3H4BrNO. The van der Waals surface area contributed by atoms with Crippen molar-refractivity contribution in [1.29, 1.82) is 0 Å². The van der Waals surface area contributed by atoms with Crippen LogP contribution in [0.5, 0.6) is 0 Å². The summed E-state index contributed by atoms with van der Waals surface area (Å²) in [6.07, 6.45) is 0. The largest absolute Gasteiger partial charge is 0.272 e. The van der Waals surface area contributed by atoms with Crippen LogP contribution in [0.1, 0.15) is 0 Å². The number of hydrogen-bond donors (Lipinski definition) is 0. The molecule has 0 saturated carbocycles. The van der Waals surface area contributed by atoms with Crippen molar-refractivity contribution in [3.05, 3.63) is 0 Å². The second kappa shape index (κ2) is 3.03. The molecule has 0 spiro atoms. The van der Waals surface area contributed by atoms with Crippen LogP contribution in [0.15, 0.2) is 4.99 Å². The molecule has 0 aromatic carbocycles. The van der Waals surface area contributed by atoms with Crippen molar-refractivity contribution in [3.63, 3.8) is 0 Å². The fourth-order valence-electron chi connectivity index (χ4n) is 0.0423. The molecule has 0 aromatic heterocycles. The number of carbonyl (C=O) groups excluding carboxylic acids is 1. The van der Waals surface area contributed by atoms with Crippen LogP contribution in [0, 0.1) is 0 Å². The van der Waals surface area contributed by atoms with E-state index in [1.165, 1.54) is 0 Å². The van der Waals surface area contributed by atoms with E-state index in [1.807, 2.05) is 0 Å². The SMILES string of the molecule is C=NC(=O)CBr. The van der Waals surface area contributed by atoms with E-state index in [0.717, 1.165) is 0 Å². The van der Waals surface area contributed by atoms with Crippen molar-refractivity contribution in [1.82, 2.24) is 0 Å². The summed E-state index contributed by atoms with van der Waals surface area (Å²) in [5.41, 5.74) is 0. The zero-order valence-electron chi connectivity index (χ0n) is 3.15. The van der Waals surface area contributed by atoms with E-state index >= 15 is 0 Å². The minimum absolute atomic E-state index is 0.227. The average molecular weight is 150 g/mol. The van der Waals surface area contributed by atoms with Gasteiger partial charge in [0, 0.05) is 0 Å². The van der Waals surface area contributed by atoms with Gasteiger partial charge in [0.1, 0.15) is 0 Å². The Morgan fingerprint density at radius 1 is 2.00 bits per heavy atom. The second-order valence-corrected chi connectivity index (χ2v) is 1.25. The summed E-state index contributed by atoms with van der Waals surface area (Å²) in [7, 11) is 0. The average Bonchev–Trinajstić information content (AvgIpc) is 1.65. The molecule has 1 amide bonds. The van der Waals surface area contributed by atoms with Crippen molar-refractivity contribution in [2.75, 3.05) is 5.33 Å². The highest BCUT2D eigenvalue weighted by atomic mass is 79.9. The summed E-state index contributed by atoms with van der Waals surface area (Å²) in [4.78, 5) is 13.0. The minimum atomic E-state index is -0.227. The maximum absolute atomic E-state index is 9.90. The van der Waals surface area contributed by atoms with Gasteiger partial charge in [-0.05, 0) is 6.72 Å². The molecule has 0 aliphatic heterocycles. The predicted octanol–water partition coefficient (Wildman–Crippen LogP) is 0.608. The third-order valence-corrected chi connectivity index (χ3v) is 0.770. The Balaban J connectivity index is 3.23. The van der Waals surface area contributed by atoms with Crippen molar-refractivity contribution >= 4 is 28.6 Å². The third-order valence-electron chi connectivity index (χ3n) is 0.291. The van der Waals surface area contributed by atoms with Gasteiger partial charge in [-0.1, -0.05) is 15.9 Å². The lowest BCUT2D eigenvalue weighted by Gasteiger charge is -1.73. The third kappa shape index (κ3) is 2.08. The van der Waals surface area contributed by atoms with Crippen molar-refractivity contribution in [2.45, 2.75) is 0 Å². The first kappa shape index (κ1) is 5.82. The Kier molecular flexibility index (Phi) is 2.94. The number of halogens is 1. The number of amides is 1. The summed E-state index contributed by atoms with van der Waals surface area (Å²) >= 11 is 2.89. The normalized spacial score (nSPS) is 7.50. The molecule has 0 bridgehead atoms. The molecule has 0 aromatic rings. The Hall–Kier alpha value is -0.180. The number of nitrogens with zero attached hydrogens (tertiary/aromatic N) is 1. The van der Waals surface area contributed by atoms with Crippen molar-refractivity contribution < 1.29 is 4.79 Å². The second-order valence-electron chi connectivity index (χ2n) is 0.685. The summed E-state index contributed by atoms with van der Waals surface area (Å²) in [6.45, 7) is 3.00.